The fraction of sp³-hybridized carbons (Fsp3) is 1.00. The van der Waals surface area contributed by atoms with Gasteiger partial charge in [-0.05, 0) is 46.3 Å². The molecule has 3 nitrogen and oxygen atoms in total. The summed E-state index contributed by atoms with van der Waals surface area (Å²) < 4.78 is 0. The van der Waals surface area contributed by atoms with Crippen LogP contribution in [-0.4, -0.2) is 48.8 Å². The molecule has 1 fully saturated rings. The van der Waals surface area contributed by atoms with Crippen molar-refractivity contribution < 1.29 is 5.11 Å². The van der Waals surface area contributed by atoms with Gasteiger partial charge in [-0.2, -0.15) is 0 Å². The molecule has 0 aromatic heterocycles. The van der Waals surface area contributed by atoms with Gasteiger partial charge in [0, 0.05) is 12.6 Å². The maximum absolute atomic E-state index is 9.30. The van der Waals surface area contributed by atoms with Gasteiger partial charge in [-0.1, -0.05) is 0 Å². The first kappa shape index (κ1) is 11.0. The van der Waals surface area contributed by atoms with Gasteiger partial charge < -0.3 is 10.4 Å². The number of hydrogen-bond acceptors (Lipinski definition) is 3. The highest BCUT2D eigenvalue weighted by Crippen LogP contribution is 2.19. The monoisotopic (exact) mass is 186 g/mol. The third kappa shape index (κ3) is 3.63. The molecule has 1 heterocycles. The molecule has 0 saturated carbocycles. The van der Waals surface area contributed by atoms with Crippen LogP contribution < -0.4 is 5.32 Å². The lowest BCUT2D eigenvalue weighted by atomic mass is 10.1. The zero-order valence-electron chi connectivity index (χ0n) is 8.79. The number of aliphatic hydroxyl groups excluding tert-OH is 1. The van der Waals surface area contributed by atoms with Crippen molar-refractivity contribution in [3.05, 3.63) is 0 Å². The zero-order valence-corrected chi connectivity index (χ0v) is 8.79. The van der Waals surface area contributed by atoms with Gasteiger partial charge in [0.2, 0.25) is 0 Å². The van der Waals surface area contributed by atoms with E-state index < -0.39 is 0 Å². The average molecular weight is 186 g/mol. The van der Waals surface area contributed by atoms with Crippen LogP contribution in [0.4, 0.5) is 0 Å². The summed E-state index contributed by atoms with van der Waals surface area (Å²) in [5, 5.41) is 12.5. The number of aliphatic hydroxyl groups is 1. The molecule has 0 aromatic carbocycles. The lowest BCUT2D eigenvalue weighted by Crippen LogP contribution is -2.36. The van der Waals surface area contributed by atoms with E-state index in [-0.39, 0.29) is 6.10 Å². The Labute approximate surface area is 81.1 Å². The van der Waals surface area contributed by atoms with Crippen LogP contribution in [-0.2, 0) is 0 Å². The molecule has 2 unspecified atom stereocenters. The molecule has 78 valence electrons. The van der Waals surface area contributed by atoms with Crippen LogP contribution in [0.1, 0.15) is 26.2 Å². The van der Waals surface area contributed by atoms with E-state index in [0.717, 1.165) is 13.1 Å². The first-order valence-corrected chi connectivity index (χ1v) is 5.30. The fourth-order valence-electron chi connectivity index (χ4n) is 2.11. The predicted molar refractivity (Wildman–Crippen MR) is 54.8 cm³/mol. The third-order valence-corrected chi connectivity index (χ3v) is 2.73. The van der Waals surface area contributed by atoms with Crippen LogP contribution in [0, 0.1) is 0 Å². The number of likely N-dealkylation sites (tertiary alicyclic amines) is 1. The van der Waals surface area contributed by atoms with Gasteiger partial charge in [0.1, 0.15) is 0 Å². The van der Waals surface area contributed by atoms with Crippen LogP contribution in [0.3, 0.4) is 0 Å². The topological polar surface area (TPSA) is 35.5 Å². The molecule has 0 amide bonds. The number of nitrogens with zero attached hydrogens (tertiary/aromatic N) is 1. The van der Waals surface area contributed by atoms with Crippen LogP contribution in [0.25, 0.3) is 0 Å². The van der Waals surface area contributed by atoms with Crippen molar-refractivity contribution in [3.63, 3.8) is 0 Å². The molecule has 0 bridgehead atoms. The summed E-state index contributed by atoms with van der Waals surface area (Å²) >= 11 is 0. The normalized spacial score (nSPS) is 26.5. The van der Waals surface area contributed by atoms with Crippen molar-refractivity contribution in [1.82, 2.24) is 10.2 Å². The molecule has 13 heavy (non-hydrogen) atoms. The van der Waals surface area contributed by atoms with Gasteiger partial charge in [0.05, 0.1) is 6.10 Å². The summed E-state index contributed by atoms with van der Waals surface area (Å²) in [7, 11) is 1.99. The van der Waals surface area contributed by atoms with E-state index >= 15 is 0 Å². The molecule has 1 aliphatic rings. The quantitative estimate of drug-likeness (QED) is 0.654. The highest BCUT2D eigenvalue weighted by Gasteiger charge is 2.24. The first-order valence-electron chi connectivity index (χ1n) is 5.30. The first-order chi connectivity index (χ1) is 6.24. The maximum Gasteiger partial charge on any atom is 0.0639 e. The Bertz CT molecular complexity index is 139. The number of hydrogen-bond donors (Lipinski definition) is 2. The lowest BCUT2D eigenvalue weighted by Gasteiger charge is -2.25. The molecular weight excluding hydrogens is 164 g/mol. The van der Waals surface area contributed by atoms with Crippen LogP contribution in [0.15, 0.2) is 0 Å². The largest absolute Gasteiger partial charge is 0.392 e. The molecule has 0 aliphatic carbocycles. The zero-order chi connectivity index (χ0) is 9.68. The van der Waals surface area contributed by atoms with Gasteiger partial charge in [-0.25, -0.2) is 0 Å². The molecule has 2 N–H and O–H groups in total. The Hall–Kier alpha value is -0.120. The molecule has 0 radical (unpaired) electrons. The molecular formula is C10H22N2O. The molecule has 0 spiro atoms. The van der Waals surface area contributed by atoms with Crippen molar-refractivity contribution in [3.8, 4) is 0 Å². The SMILES string of the molecule is CNCCC1CCCN1CC(C)O. The van der Waals surface area contributed by atoms with Crippen LogP contribution in [0.5, 0.6) is 0 Å². The summed E-state index contributed by atoms with van der Waals surface area (Å²) in [5.74, 6) is 0. The van der Waals surface area contributed by atoms with Crippen molar-refractivity contribution in [1.29, 1.82) is 0 Å². The Morgan fingerprint density at radius 3 is 3.00 bits per heavy atom. The van der Waals surface area contributed by atoms with Gasteiger partial charge in [0.25, 0.3) is 0 Å². The third-order valence-electron chi connectivity index (χ3n) is 2.73. The van der Waals surface area contributed by atoms with Crippen LogP contribution in [0.2, 0.25) is 0 Å². The van der Waals surface area contributed by atoms with Gasteiger partial charge >= 0.3 is 0 Å². The molecule has 3 heteroatoms. The van der Waals surface area contributed by atoms with Crippen molar-refractivity contribution in [2.75, 3.05) is 26.7 Å². The highest BCUT2D eigenvalue weighted by atomic mass is 16.3. The predicted octanol–water partition coefficient (Wildman–Crippen LogP) is 0.441. The number of β-amino-alcohol motifs (C(OH)–C–C–N with tert-alkyl or cyclic N) is 1. The van der Waals surface area contributed by atoms with Crippen molar-refractivity contribution in [2.45, 2.75) is 38.3 Å². The Morgan fingerprint density at radius 1 is 1.62 bits per heavy atom. The van der Waals surface area contributed by atoms with Gasteiger partial charge in [-0.15, -0.1) is 0 Å². The number of rotatable bonds is 5. The van der Waals surface area contributed by atoms with Crippen molar-refractivity contribution in [2.24, 2.45) is 0 Å². The summed E-state index contributed by atoms with van der Waals surface area (Å²) in [4.78, 5) is 2.42. The fourth-order valence-corrected chi connectivity index (χ4v) is 2.11. The Morgan fingerprint density at radius 2 is 2.38 bits per heavy atom. The smallest absolute Gasteiger partial charge is 0.0639 e. The summed E-state index contributed by atoms with van der Waals surface area (Å²) in [5.41, 5.74) is 0. The van der Waals surface area contributed by atoms with E-state index in [1.165, 1.54) is 25.8 Å². The molecule has 0 aromatic rings. The minimum Gasteiger partial charge on any atom is -0.392 e. The standard InChI is InChI=1S/C10H22N2O/c1-9(13)8-12-7-3-4-10(12)5-6-11-2/h9-11,13H,3-8H2,1-2H3. The maximum atomic E-state index is 9.30. The molecule has 2 atom stereocenters. The lowest BCUT2D eigenvalue weighted by molar-refractivity contribution is 0.117. The van der Waals surface area contributed by atoms with E-state index in [1.807, 2.05) is 14.0 Å². The molecule has 1 saturated heterocycles. The minimum atomic E-state index is -0.185. The van der Waals surface area contributed by atoms with E-state index in [4.69, 9.17) is 0 Å². The van der Waals surface area contributed by atoms with Crippen LogP contribution >= 0.6 is 0 Å². The molecule has 1 rings (SSSR count). The van der Waals surface area contributed by atoms with Gasteiger partial charge in [0.15, 0.2) is 0 Å². The van der Waals surface area contributed by atoms with Gasteiger partial charge in [-0.3, -0.25) is 4.90 Å². The van der Waals surface area contributed by atoms with E-state index in [0.29, 0.717) is 6.04 Å². The van der Waals surface area contributed by atoms with Crippen molar-refractivity contribution >= 4 is 0 Å². The minimum absolute atomic E-state index is 0.185. The summed E-state index contributed by atoms with van der Waals surface area (Å²) in [6.45, 7) is 4.96. The van der Waals surface area contributed by atoms with E-state index in [2.05, 4.69) is 10.2 Å². The average Bonchev–Trinajstić information content (AvgIpc) is 2.48. The highest BCUT2D eigenvalue weighted by molar-refractivity contribution is 4.80. The Kier molecular flexibility index (Phi) is 4.70. The summed E-state index contributed by atoms with van der Waals surface area (Å²) in [6, 6.07) is 0.696. The van der Waals surface area contributed by atoms with E-state index in [9.17, 15) is 5.11 Å². The van der Waals surface area contributed by atoms with E-state index in [1.54, 1.807) is 0 Å². The number of nitrogens with one attached hydrogen (secondary N) is 1. The Balaban J connectivity index is 2.26. The summed E-state index contributed by atoms with van der Waals surface area (Å²) in [6.07, 6.45) is 3.62. The second kappa shape index (κ2) is 5.58. The second-order valence-electron chi connectivity index (χ2n) is 4.03. The second-order valence-corrected chi connectivity index (χ2v) is 4.03. The molecule has 1 aliphatic heterocycles.